The van der Waals surface area contributed by atoms with Crippen molar-refractivity contribution in [2.45, 2.75) is 83.0 Å². The number of alkyl halides is 1. The minimum Gasteiger partial charge on any atom is -0.543 e. The van der Waals surface area contributed by atoms with E-state index in [9.17, 15) is 4.79 Å². The van der Waals surface area contributed by atoms with Crippen LogP contribution < -0.4 is 13.6 Å². The molecular weight excluding hydrogens is 611 g/mol. The molecule has 1 aromatic rings. The van der Waals surface area contributed by atoms with Gasteiger partial charge in [-0.3, -0.25) is 0 Å². The number of methoxy groups -OCH3 is 1. The van der Waals surface area contributed by atoms with Gasteiger partial charge in [0.15, 0.2) is 17.2 Å². The number of rotatable bonds is 13. The second-order valence-corrected chi connectivity index (χ2v) is 18.0. The first-order valence-electron chi connectivity index (χ1n) is 12.2. The van der Waals surface area contributed by atoms with Crippen molar-refractivity contribution in [1.82, 2.24) is 0 Å². The Morgan fingerprint density at radius 3 is 1.83 bits per heavy atom. The topological polar surface area (TPSA) is 54.0 Å². The molecule has 0 aliphatic rings. The fourth-order valence-corrected chi connectivity index (χ4v) is 7.99. The van der Waals surface area contributed by atoms with E-state index in [1.807, 2.05) is 0 Å². The molecule has 0 fully saturated rings. The van der Waals surface area contributed by atoms with Crippen LogP contribution in [-0.4, -0.2) is 37.8 Å². The Balaban J connectivity index is 3.92. The monoisotopic (exact) mass is 654 g/mol. The Labute approximate surface area is 234 Å². The number of hydrogen-bond acceptors (Lipinski definition) is 5. The highest BCUT2D eigenvalue weighted by Crippen LogP contribution is 2.52. The number of hydrogen-bond donors (Lipinski definition) is 0. The highest BCUT2D eigenvalue weighted by atomic mass is 127. The van der Waals surface area contributed by atoms with Gasteiger partial charge >= 0.3 is 5.97 Å². The van der Waals surface area contributed by atoms with Gasteiger partial charge in [0.2, 0.25) is 18.1 Å². The molecule has 0 amide bonds. The van der Waals surface area contributed by atoms with Crippen molar-refractivity contribution in [2.24, 2.45) is 11.8 Å². The van der Waals surface area contributed by atoms with Gasteiger partial charge in [0, 0.05) is 9.99 Å². The maximum absolute atomic E-state index is 13.1. The SMILES string of the molecule is C=CCOC(=O)c1c(Cl)c(OC)c(O[SiH](C)C(C)(C)C(C)C)c(O[SiH](C)C(C)(C)C(C)C)c1CI. The second kappa shape index (κ2) is 13.2. The molecule has 0 radical (unpaired) electrons. The highest BCUT2D eigenvalue weighted by Gasteiger charge is 2.39. The molecule has 1 aromatic carbocycles. The lowest BCUT2D eigenvalue weighted by Gasteiger charge is -2.38. The Hall–Kier alpha value is -0.716. The molecule has 0 spiro atoms. The third kappa shape index (κ3) is 7.20. The van der Waals surface area contributed by atoms with Gasteiger partial charge in [-0.05, 0) is 35.0 Å². The predicted molar refractivity (Wildman–Crippen MR) is 161 cm³/mol. The third-order valence-corrected chi connectivity index (χ3v) is 15.8. The van der Waals surface area contributed by atoms with Crippen LogP contribution in [0.4, 0.5) is 0 Å². The number of ether oxygens (including phenoxy) is 2. The van der Waals surface area contributed by atoms with Crippen molar-refractivity contribution in [3.63, 3.8) is 0 Å². The maximum atomic E-state index is 13.1. The van der Waals surface area contributed by atoms with Gasteiger partial charge in [0.25, 0.3) is 0 Å². The summed E-state index contributed by atoms with van der Waals surface area (Å²) in [5, 5.41) is 0.189. The van der Waals surface area contributed by atoms with Crippen LogP contribution in [0.25, 0.3) is 0 Å². The van der Waals surface area contributed by atoms with Gasteiger partial charge in [-0.2, -0.15) is 0 Å². The summed E-state index contributed by atoms with van der Waals surface area (Å²) in [4.78, 5) is 13.1. The number of carbonyl (C=O) groups is 1. The van der Waals surface area contributed by atoms with Gasteiger partial charge < -0.3 is 18.3 Å². The maximum Gasteiger partial charge on any atom is 0.340 e. The number of halogens is 2. The second-order valence-electron chi connectivity index (χ2n) is 10.9. The molecule has 0 N–H and O–H groups in total. The van der Waals surface area contributed by atoms with Gasteiger partial charge in [-0.15, -0.1) is 0 Å². The van der Waals surface area contributed by atoms with E-state index in [1.165, 1.54) is 6.08 Å². The summed E-state index contributed by atoms with van der Waals surface area (Å²) in [5.74, 6) is 1.73. The van der Waals surface area contributed by atoms with Crippen LogP contribution >= 0.6 is 34.2 Å². The van der Waals surface area contributed by atoms with Crippen molar-refractivity contribution in [3.05, 3.63) is 28.8 Å². The van der Waals surface area contributed by atoms with Crippen molar-refractivity contribution in [2.75, 3.05) is 13.7 Å². The molecule has 35 heavy (non-hydrogen) atoms. The van der Waals surface area contributed by atoms with Gasteiger partial charge in [0.05, 0.1) is 12.7 Å². The van der Waals surface area contributed by atoms with Crippen LogP contribution in [0.1, 0.15) is 71.3 Å². The van der Waals surface area contributed by atoms with E-state index in [1.54, 1.807) is 7.11 Å². The molecule has 0 bridgehead atoms. The standard InChI is InChI=1S/C26H44ClIO5Si2/c1-13-14-31-24(29)19-18(15-28)21(32-34(11)25(6,7)16(2)3)23(22(30-10)20(19)27)33-35(12)26(8,9)17(4)5/h13,16-17,34-35H,1,14-15H2,2-12H3. The van der Waals surface area contributed by atoms with Crippen molar-refractivity contribution in [1.29, 1.82) is 0 Å². The molecule has 0 aliphatic carbocycles. The highest BCUT2D eigenvalue weighted by molar-refractivity contribution is 14.1. The lowest BCUT2D eigenvalue weighted by Crippen LogP contribution is -2.37. The molecule has 5 nitrogen and oxygen atoms in total. The van der Waals surface area contributed by atoms with E-state index < -0.39 is 24.0 Å². The van der Waals surface area contributed by atoms with Crippen LogP contribution in [0.5, 0.6) is 17.2 Å². The zero-order valence-electron chi connectivity index (χ0n) is 23.3. The minimum atomic E-state index is -1.83. The Morgan fingerprint density at radius 2 is 1.46 bits per heavy atom. The molecule has 0 aromatic heterocycles. The molecule has 1 rings (SSSR count). The molecule has 200 valence electrons. The van der Waals surface area contributed by atoms with Gasteiger partial charge in [0.1, 0.15) is 11.6 Å². The predicted octanol–water partition coefficient (Wildman–Crippen LogP) is 7.96. The molecule has 0 heterocycles. The summed E-state index contributed by atoms with van der Waals surface area (Å²) in [5.41, 5.74) is 0.950. The molecule has 0 saturated carbocycles. The normalized spacial score (nSPS) is 14.0. The largest absolute Gasteiger partial charge is 0.543 e. The quantitative estimate of drug-likeness (QED) is 0.0710. The summed E-state index contributed by atoms with van der Waals surface area (Å²) in [7, 11) is -2.11. The number of carbonyl (C=O) groups excluding carboxylic acids is 1. The summed E-state index contributed by atoms with van der Waals surface area (Å²) in [6.07, 6.45) is 1.53. The summed E-state index contributed by atoms with van der Waals surface area (Å²) in [6.45, 7) is 25.9. The van der Waals surface area contributed by atoms with E-state index in [4.69, 9.17) is 29.9 Å². The first kappa shape index (κ1) is 32.3. The fourth-order valence-electron chi connectivity index (χ4n) is 3.26. The third-order valence-electron chi connectivity index (χ3n) is 7.94. The summed E-state index contributed by atoms with van der Waals surface area (Å²) in [6, 6.07) is 0. The number of benzene rings is 1. The average molecular weight is 655 g/mol. The molecule has 2 atom stereocenters. The Kier molecular flexibility index (Phi) is 12.2. The Morgan fingerprint density at radius 1 is 1.00 bits per heavy atom. The van der Waals surface area contributed by atoms with Crippen LogP contribution in [0.15, 0.2) is 12.7 Å². The Bertz CT molecular complexity index is 902. The first-order valence-corrected chi connectivity index (χ1v) is 18.5. The summed E-state index contributed by atoms with van der Waals surface area (Å²) < 4.78 is 25.3. The molecule has 0 aliphatic heterocycles. The minimum absolute atomic E-state index is 0.00105. The first-order chi connectivity index (χ1) is 16.1. The molecular formula is C26H44ClIO5Si2. The number of esters is 1. The van der Waals surface area contributed by atoms with Gasteiger partial charge in [-0.1, -0.05) is 102 Å². The fraction of sp³-hybridized carbons (Fsp3) is 0.654. The van der Waals surface area contributed by atoms with Crippen LogP contribution in [-0.2, 0) is 9.16 Å². The summed E-state index contributed by atoms with van der Waals surface area (Å²) >= 11 is 9.06. The van der Waals surface area contributed by atoms with Crippen molar-refractivity contribution >= 4 is 58.2 Å². The van der Waals surface area contributed by atoms with Crippen LogP contribution in [0.3, 0.4) is 0 Å². The van der Waals surface area contributed by atoms with E-state index in [0.717, 1.165) is 0 Å². The van der Waals surface area contributed by atoms with Crippen molar-refractivity contribution in [3.8, 4) is 17.2 Å². The zero-order valence-corrected chi connectivity index (χ0v) is 28.5. The smallest absolute Gasteiger partial charge is 0.340 e. The van der Waals surface area contributed by atoms with E-state index in [0.29, 0.717) is 39.1 Å². The van der Waals surface area contributed by atoms with Crippen LogP contribution in [0.2, 0.25) is 28.2 Å². The van der Waals surface area contributed by atoms with E-state index in [2.05, 4.69) is 97.7 Å². The van der Waals surface area contributed by atoms with Crippen molar-refractivity contribution < 1.29 is 23.1 Å². The lowest BCUT2D eigenvalue weighted by atomic mass is 9.99. The molecule has 9 heteroatoms. The van der Waals surface area contributed by atoms with Gasteiger partial charge in [-0.25, -0.2) is 4.79 Å². The molecule has 0 saturated heterocycles. The lowest BCUT2D eigenvalue weighted by molar-refractivity contribution is 0.0548. The average Bonchev–Trinajstić information content (AvgIpc) is 2.78. The zero-order chi connectivity index (χ0) is 27.3. The molecule has 2 unspecified atom stereocenters. The van der Waals surface area contributed by atoms with Crippen LogP contribution in [0, 0.1) is 11.8 Å². The van der Waals surface area contributed by atoms with E-state index in [-0.39, 0.29) is 27.3 Å². The van der Waals surface area contributed by atoms with E-state index >= 15 is 0 Å².